The van der Waals surface area contributed by atoms with E-state index in [2.05, 4.69) is 10.6 Å². The van der Waals surface area contributed by atoms with Gasteiger partial charge in [0.2, 0.25) is 11.8 Å². The van der Waals surface area contributed by atoms with Crippen molar-refractivity contribution >= 4 is 23.2 Å². The van der Waals surface area contributed by atoms with Crippen LogP contribution >= 0.6 is 0 Å². The van der Waals surface area contributed by atoms with Crippen molar-refractivity contribution in [1.29, 1.82) is 0 Å². The van der Waals surface area contributed by atoms with E-state index >= 15 is 0 Å². The first-order valence-corrected chi connectivity index (χ1v) is 9.23. The maximum Gasteiger partial charge on any atom is 0.224 e. The summed E-state index contributed by atoms with van der Waals surface area (Å²) in [5.41, 5.74) is 14.6. The average Bonchev–Trinajstić information content (AvgIpc) is 2.68. The average molecular weight is 368 g/mol. The predicted octanol–water partition coefficient (Wildman–Crippen LogP) is 2.93. The van der Waals surface area contributed by atoms with E-state index in [0.717, 1.165) is 11.1 Å². The molecule has 0 aliphatic heterocycles. The Morgan fingerprint density at radius 3 is 1.63 bits per heavy atom. The summed E-state index contributed by atoms with van der Waals surface area (Å²) in [5, 5.41) is 5.84. The molecule has 0 spiro atoms. The third-order valence-corrected chi connectivity index (χ3v) is 4.54. The molecule has 2 rings (SSSR count). The molecule has 27 heavy (non-hydrogen) atoms. The summed E-state index contributed by atoms with van der Waals surface area (Å²) in [6, 6.07) is 14.9. The van der Waals surface area contributed by atoms with Crippen LogP contribution in [0.15, 0.2) is 48.5 Å². The van der Waals surface area contributed by atoms with E-state index in [1.165, 1.54) is 0 Å². The van der Waals surface area contributed by atoms with Gasteiger partial charge in [0.1, 0.15) is 0 Å². The van der Waals surface area contributed by atoms with Crippen LogP contribution in [0.3, 0.4) is 0 Å². The van der Waals surface area contributed by atoms with Crippen LogP contribution in [-0.4, -0.2) is 18.4 Å². The minimum absolute atomic E-state index is 0.0925. The van der Waals surface area contributed by atoms with Gasteiger partial charge in [-0.25, -0.2) is 0 Å². The van der Waals surface area contributed by atoms with Gasteiger partial charge in [-0.3, -0.25) is 9.59 Å². The first-order valence-electron chi connectivity index (χ1n) is 9.23. The molecule has 2 aromatic rings. The van der Waals surface area contributed by atoms with Crippen molar-refractivity contribution in [3.05, 3.63) is 59.7 Å². The number of rotatable bonds is 8. The van der Waals surface area contributed by atoms with Crippen LogP contribution in [0.1, 0.15) is 44.2 Å². The number of hydrogen-bond acceptors (Lipinski definition) is 4. The molecule has 6 nitrogen and oxygen atoms in total. The molecule has 6 N–H and O–H groups in total. The van der Waals surface area contributed by atoms with Gasteiger partial charge in [0.25, 0.3) is 0 Å². The van der Waals surface area contributed by atoms with E-state index in [4.69, 9.17) is 11.5 Å². The standard InChI is InChI=1S/C21H28N4O2/c1-3-19(26)24-17-11-7-5-9-15(17)21(23,13-14-22)16-10-6-8-12-18(16)25-20(27)4-2/h5-12H,3-4,13-14,22-23H2,1-2H3,(H,24,26)(H,25,27). The number of nitrogens with one attached hydrogen (secondary N) is 2. The molecule has 0 heterocycles. The first-order chi connectivity index (χ1) is 13.0. The number of nitrogens with two attached hydrogens (primary N) is 2. The van der Waals surface area contributed by atoms with Gasteiger partial charge in [0, 0.05) is 35.3 Å². The molecule has 6 heteroatoms. The Bertz CT molecular complexity index is 743. The van der Waals surface area contributed by atoms with Gasteiger partial charge in [-0.05, 0) is 25.1 Å². The molecule has 0 aliphatic rings. The van der Waals surface area contributed by atoms with Crippen molar-refractivity contribution in [3.8, 4) is 0 Å². The molecule has 2 aromatic carbocycles. The fourth-order valence-corrected chi connectivity index (χ4v) is 3.08. The van der Waals surface area contributed by atoms with E-state index in [-0.39, 0.29) is 11.8 Å². The Morgan fingerprint density at radius 2 is 1.26 bits per heavy atom. The molecule has 0 fully saturated rings. The Kier molecular flexibility index (Phi) is 7.10. The molecule has 0 aliphatic carbocycles. The van der Waals surface area contributed by atoms with Crippen molar-refractivity contribution in [2.45, 2.75) is 38.6 Å². The Labute approximate surface area is 160 Å². The van der Waals surface area contributed by atoms with Crippen molar-refractivity contribution < 1.29 is 9.59 Å². The number of carbonyl (C=O) groups excluding carboxylic acids is 2. The lowest BCUT2D eigenvalue weighted by Gasteiger charge is -2.34. The van der Waals surface area contributed by atoms with E-state index in [1.54, 1.807) is 13.8 Å². The molecule has 0 atom stereocenters. The van der Waals surface area contributed by atoms with E-state index in [0.29, 0.717) is 37.2 Å². The fraction of sp³-hybridized carbons (Fsp3) is 0.333. The SMILES string of the molecule is CCC(=O)Nc1ccccc1C(N)(CCN)c1ccccc1NC(=O)CC. The maximum absolute atomic E-state index is 12.0. The molecule has 2 amide bonds. The monoisotopic (exact) mass is 368 g/mol. The number of hydrogen-bond donors (Lipinski definition) is 4. The largest absolute Gasteiger partial charge is 0.330 e. The summed E-state index contributed by atoms with van der Waals surface area (Å²) in [7, 11) is 0. The predicted molar refractivity (Wildman–Crippen MR) is 109 cm³/mol. The lowest BCUT2D eigenvalue weighted by Crippen LogP contribution is -2.41. The summed E-state index contributed by atoms with van der Waals surface area (Å²) in [6.45, 7) is 3.94. The van der Waals surface area contributed by atoms with Crippen molar-refractivity contribution in [1.82, 2.24) is 0 Å². The zero-order chi connectivity index (χ0) is 19.9. The second-order valence-corrected chi connectivity index (χ2v) is 6.40. The van der Waals surface area contributed by atoms with E-state index in [1.807, 2.05) is 48.5 Å². The Balaban J connectivity index is 2.60. The maximum atomic E-state index is 12.0. The minimum atomic E-state index is -0.968. The van der Waals surface area contributed by atoms with Crippen LogP contribution in [0, 0.1) is 0 Å². The summed E-state index contributed by atoms with van der Waals surface area (Å²) >= 11 is 0. The van der Waals surface area contributed by atoms with Gasteiger partial charge >= 0.3 is 0 Å². The summed E-state index contributed by atoms with van der Waals surface area (Å²) in [4.78, 5) is 23.9. The van der Waals surface area contributed by atoms with Crippen LogP contribution in [0.5, 0.6) is 0 Å². The Morgan fingerprint density at radius 1 is 0.852 bits per heavy atom. The summed E-state index contributed by atoms with van der Waals surface area (Å²) in [5.74, 6) is -0.185. The molecule has 0 bridgehead atoms. The molecule has 144 valence electrons. The first kappa shape index (κ1) is 20.6. The number of carbonyl (C=O) groups is 2. The van der Waals surface area contributed by atoms with Gasteiger partial charge in [-0.2, -0.15) is 0 Å². The molecule has 0 saturated carbocycles. The summed E-state index contributed by atoms with van der Waals surface area (Å²) in [6.07, 6.45) is 1.18. The third kappa shape index (κ3) is 4.72. The number of amides is 2. The van der Waals surface area contributed by atoms with Crippen LogP contribution in [-0.2, 0) is 15.1 Å². The smallest absolute Gasteiger partial charge is 0.224 e. The van der Waals surface area contributed by atoms with Gasteiger partial charge in [0.05, 0.1) is 5.54 Å². The highest BCUT2D eigenvalue weighted by Crippen LogP contribution is 2.38. The molecular weight excluding hydrogens is 340 g/mol. The van der Waals surface area contributed by atoms with Gasteiger partial charge < -0.3 is 22.1 Å². The topological polar surface area (TPSA) is 110 Å². The van der Waals surface area contributed by atoms with E-state index in [9.17, 15) is 9.59 Å². The van der Waals surface area contributed by atoms with Crippen LogP contribution < -0.4 is 22.1 Å². The lowest BCUT2D eigenvalue weighted by molar-refractivity contribution is -0.116. The van der Waals surface area contributed by atoms with Gasteiger partial charge in [-0.1, -0.05) is 50.2 Å². The highest BCUT2D eigenvalue weighted by atomic mass is 16.2. The van der Waals surface area contributed by atoms with E-state index < -0.39 is 5.54 Å². The summed E-state index contributed by atoms with van der Waals surface area (Å²) < 4.78 is 0. The molecule has 0 unspecified atom stereocenters. The quantitative estimate of drug-likeness (QED) is 0.574. The number of para-hydroxylation sites is 2. The molecule has 0 aromatic heterocycles. The van der Waals surface area contributed by atoms with Gasteiger partial charge in [0.15, 0.2) is 0 Å². The fourth-order valence-electron chi connectivity index (χ4n) is 3.08. The van der Waals surface area contributed by atoms with Crippen LogP contribution in [0.4, 0.5) is 11.4 Å². The molecule has 0 radical (unpaired) electrons. The molecular formula is C21H28N4O2. The van der Waals surface area contributed by atoms with Crippen molar-refractivity contribution in [2.24, 2.45) is 11.5 Å². The van der Waals surface area contributed by atoms with Crippen molar-refractivity contribution in [3.63, 3.8) is 0 Å². The second-order valence-electron chi connectivity index (χ2n) is 6.40. The number of anilines is 2. The van der Waals surface area contributed by atoms with Crippen LogP contribution in [0.2, 0.25) is 0 Å². The third-order valence-electron chi connectivity index (χ3n) is 4.54. The highest BCUT2D eigenvalue weighted by Gasteiger charge is 2.33. The normalized spacial score (nSPS) is 11.1. The minimum Gasteiger partial charge on any atom is -0.330 e. The zero-order valence-electron chi connectivity index (χ0n) is 15.9. The highest BCUT2D eigenvalue weighted by molar-refractivity contribution is 5.93. The lowest BCUT2D eigenvalue weighted by atomic mass is 9.79. The second kappa shape index (κ2) is 9.30. The van der Waals surface area contributed by atoms with Crippen LogP contribution in [0.25, 0.3) is 0 Å². The zero-order valence-corrected chi connectivity index (χ0v) is 15.9. The number of benzene rings is 2. The van der Waals surface area contributed by atoms with Gasteiger partial charge in [-0.15, -0.1) is 0 Å². The van der Waals surface area contributed by atoms with Crippen molar-refractivity contribution in [2.75, 3.05) is 17.2 Å². The molecule has 0 saturated heterocycles. The Hall–Kier alpha value is -2.70.